The first-order chi connectivity index (χ1) is 14.5. The number of carbonyl (C=O) groups excluding carboxylic acids is 2. The van der Waals surface area contributed by atoms with Crippen LogP contribution in [0, 0.1) is 6.92 Å². The van der Waals surface area contributed by atoms with Crippen LogP contribution in [0.2, 0.25) is 0 Å². The monoisotopic (exact) mass is 408 g/mol. The van der Waals surface area contributed by atoms with Gasteiger partial charge < -0.3 is 19.8 Å². The molecule has 1 heterocycles. The van der Waals surface area contributed by atoms with Crippen LogP contribution in [-0.2, 0) is 27.3 Å². The van der Waals surface area contributed by atoms with Gasteiger partial charge in [-0.3, -0.25) is 4.79 Å². The van der Waals surface area contributed by atoms with E-state index in [4.69, 9.17) is 15.2 Å². The number of primary amides is 1. The van der Waals surface area contributed by atoms with Gasteiger partial charge in [-0.1, -0.05) is 43.3 Å². The van der Waals surface area contributed by atoms with Crippen molar-refractivity contribution in [3.8, 4) is 5.75 Å². The summed E-state index contributed by atoms with van der Waals surface area (Å²) in [7, 11) is 0. The molecule has 6 nitrogen and oxygen atoms in total. The molecule has 6 heteroatoms. The van der Waals surface area contributed by atoms with Crippen LogP contribution in [0.25, 0.3) is 10.9 Å². The number of fused-ring (bicyclic) bond motifs is 1. The Hall–Kier alpha value is -3.28. The minimum atomic E-state index is -0.713. The van der Waals surface area contributed by atoms with Gasteiger partial charge in [0.1, 0.15) is 5.75 Å². The van der Waals surface area contributed by atoms with Crippen LogP contribution in [0.15, 0.2) is 48.5 Å². The predicted octanol–water partition coefficient (Wildman–Crippen LogP) is 3.75. The molecule has 1 aromatic heterocycles. The number of ether oxygens (including phenoxy) is 2. The van der Waals surface area contributed by atoms with Gasteiger partial charge in [-0.05, 0) is 43.5 Å². The molecule has 0 bridgehead atoms. The van der Waals surface area contributed by atoms with Crippen molar-refractivity contribution in [1.29, 1.82) is 0 Å². The number of rotatable bonds is 9. The summed E-state index contributed by atoms with van der Waals surface area (Å²) in [5, 5.41) is 0.812. The van der Waals surface area contributed by atoms with Crippen LogP contribution >= 0.6 is 0 Å². The van der Waals surface area contributed by atoms with Crippen molar-refractivity contribution < 1.29 is 19.1 Å². The van der Waals surface area contributed by atoms with Crippen LogP contribution in [0.3, 0.4) is 0 Å². The van der Waals surface area contributed by atoms with Gasteiger partial charge in [0.15, 0.2) is 6.10 Å². The molecule has 0 aliphatic rings. The summed E-state index contributed by atoms with van der Waals surface area (Å²) >= 11 is 0. The highest BCUT2D eigenvalue weighted by Crippen LogP contribution is 2.35. The number of amides is 1. The zero-order valence-corrected chi connectivity index (χ0v) is 17.7. The quantitative estimate of drug-likeness (QED) is 0.547. The van der Waals surface area contributed by atoms with E-state index in [-0.39, 0.29) is 6.42 Å². The highest BCUT2D eigenvalue weighted by molar-refractivity contribution is 5.95. The molecule has 2 aromatic carbocycles. The molecule has 0 fully saturated rings. The van der Waals surface area contributed by atoms with Crippen molar-refractivity contribution in [1.82, 2.24) is 4.57 Å². The van der Waals surface area contributed by atoms with Crippen molar-refractivity contribution >= 4 is 22.8 Å². The van der Waals surface area contributed by atoms with Gasteiger partial charge in [0, 0.05) is 17.6 Å². The first kappa shape index (κ1) is 21.4. The number of nitrogens with zero attached hydrogens (tertiary/aromatic N) is 1. The summed E-state index contributed by atoms with van der Waals surface area (Å²) in [4.78, 5) is 24.1. The number of aromatic nitrogens is 1. The van der Waals surface area contributed by atoms with E-state index in [9.17, 15) is 9.59 Å². The molecule has 2 N–H and O–H groups in total. The Kier molecular flexibility index (Phi) is 6.77. The molecule has 0 aliphatic carbocycles. The molecule has 1 unspecified atom stereocenters. The molecule has 3 aromatic rings. The van der Waals surface area contributed by atoms with Gasteiger partial charge in [0.25, 0.3) is 0 Å². The average Bonchev–Trinajstić information content (AvgIpc) is 2.99. The Labute approximate surface area is 176 Å². The minimum absolute atomic E-state index is 0.0979. The second kappa shape index (κ2) is 9.48. The molecule has 0 saturated carbocycles. The predicted molar refractivity (Wildman–Crippen MR) is 116 cm³/mol. The molecular weight excluding hydrogens is 380 g/mol. The van der Waals surface area contributed by atoms with Gasteiger partial charge in [-0.25, -0.2) is 4.79 Å². The van der Waals surface area contributed by atoms with Crippen molar-refractivity contribution in [2.24, 2.45) is 5.73 Å². The van der Waals surface area contributed by atoms with E-state index in [1.54, 1.807) is 6.92 Å². The topological polar surface area (TPSA) is 83.6 Å². The van der Waals surface area contributed by atoms with Gasteiger partial charge in [-0.2, -0.15) is 0 Å². The Morgan fingerprint density at radius 1 is 1.07 bits per heavy atom. The highest BCUT2D eigenvalue weighted by Gasteiger charge is 2.24. The van der Waals surface area contributed by atoms with E-state index < -0.39 is 18.0 Å². The summed E-state index contributed by atoms with van der Waals surface area (Å²) in [6.45, 7) is 6.57. The Morgan fingerprint density at radius 3 is 2.43 bits per heavy atom. The zero-order chi connectivity index (χ0) is 21.7. The van der Waals surface area contributed by atoms with Crippen LogP contribution in [0.5, 0.6) is 5.75 Å². The molecule has 158 valence electrons. The molecule has 1 amide bonds. The molecule has 1 atom stereocenters. The second-order valence-electron chi connectivity index (χ2n) is 7.20. The largest absolute Gasteiger partial charge is 0.478 e. The fourth-order valence-corrected chi connectivity index (χ4v) is 3.72. The van der Waals surface area contributed by atoms with E-state index in [1.165, 1.54) is 0 Å². The summed E-state index contributed by atoms with van der Waals surface area (Å²) in [5.74, 6) is -0.253. The lowest BCUT2D eigenvalue weighted by atomic mass is 10.1. The fraction of sp³-hybridized carbons (Fsp3) is 0.333. The average molecular weight is 408 g/mol. The fourth-order valence-electron chi connectivity index (χ4n) is 3.72. The first-order valence-corrected chi connectivity index (χ1v) is 10.2. The lowest BCUT2D eigenvalue weighted by molar-refractivity contribution is -0.151. The van der Waals surface area contributed by atoms with Crippen molar-refractivity contribution in [3.05, 3.63) is 65.4 Å². The van der Waals surface area contributed by atoms with Gasteiger partial charge in [0.05, 0.1) is 18.5 Å². The standard InChI is InChI=1S/C24H28N2O4/c1-4-20(24(28)29-5-2)30-21-13-9-12-19-23(21)18(14-22(25)27)16(3)26(19)15-17-10-7-6-8-11-17/h6-13,20H,4-5,14-15H2,1-3H3,(H2,25,27). The summed E-state index contributed by atoms with van der Waals surface area (Å²) in [6.07, 6.45) is -0.139. The van der Waals surface area contributed by atoms with Crippen molar-refractivity contribution in [2.75, 3.05) is 6.61 Å². The molecular formula is C24H28N2O4. The maximum atomic E-state index is 12.3. The number of nitrogens with two attached hydrogens (primary N) is 1. The first-order valence-electron chi connectivity index (χ1n) is 10.2. The Bertz CT molecular complexity index is 1040. The van der Waals surface area contributed by atoms with E-state index in [0.29, 0.717) is 25.3 Å². The third-order valence-electron chi connectivity index (χ3n) is 5.16. The van der Waals surface area contributed by atoms with Gasteiger partial charge >= 0.3 is 5.97 Å². The molecule has 0 aliphatic heterocycles. The highest BCUT2D eigenvalue weighted by atomic mass is 16.6. The van der Waals surface area contributed by atoms with Crippen LogP contribution in [0.4, 0.5) is 0 Å². The molecule has 0 radical (unpaired) electrons. The summed E-state index contributed by atoms with van der Waals surface area (Å²) in [5.41, 5.74) is 9.40. The molecule has 30 heavy (non-hydrogen) atoms. The number of benzene rings is 2. The maximum Gasteiger partial charge on any atom is 0.347 e. The molecule has 0 spiro atoms. The van der Waals surface area contributed by atoms with E-state index in [2.05, 4.69) is 16.7 Å². The maximum absolute atomic E-state index is 12.3. The molecule has 3 rings (SSSR count). The van der Waals surface area contributed by atoms with Crippen LogP contribution in [-0.4, -0.2) is 29.2 Å². The SMILES string of the molecule is CCOC(=O)C(CC)Oc1cccc2c1c(CC(N)=O)c(C)n2Cc1ccccc1. The Balaban J connectivity index is 2.11. The van der Waals surface area contributed by atoms with Crippen LogP contribution in [0.1, 0.15) is 37.1 Å². The smallest absolute Gasteiger partial charge is 0.347 e. The lowest BCUT2D eigenvalue weighted by Crippen LogP contribution is -2.28. The summed E-state index contributed by atoms with van der Waals surface area (Å²) < 4.78 is 13.4. The third-order valence-corrected chi connectivity index (χ3v) is 5.16. The number of esters is 1. The van der Waals surface area contributed by atoms with E-state index >= 15 is 0 Å². The number of hydrogen-bond acceptors (Lipinski definition) is 4. The van der Waals surface area contributed by atoms with Crippen molar-refractivity contribution in [3.63, 3.8) is 0 Å². The van der Waals surface area contributed by atoms with Crippen molar-refractivity contribution in [2.45, 2.75) is 46.3 Å². The zero-order valence-electron chi connectivity index (χ0n) is 17.7. The summed E-state index contributed by atoms with van der Waals surface area (Å²) in [6, 6.07) is 15.8. The lowest BCUT2D eigenvalue weighted by Gasteiger charge is -2.17. The second-order valence-corrected chi connectivity index (χ2v) is 7.20. The van der Waals surface area contributed by atoms with Crippen LogP contribution < -0.4 is 10.5 Å². The van der Waals surface area contributed by atoms with Gasteiger partial charge in [0.2, 0.25) is 5.91 Å². The Morgan fingerprint density at radius 2 is 1.80 bits per heavy atom. The normalized spacial score (nSPS) is 12.0. The molecule has 0 saturated heterocycles. The minimum Gasteiger partial charge on any atom is -0.478 e. The van der Waals surface area contributed by atoms with Gasteiger partial charge in [-0.15, -0.1) is 0 Å². The van der Waals surface area contributed by atoms with E-state index in [0.717, 1.165) is 27.7 Å². The number of hydrogen-bond donors (Lipinski definition) is 1. The van der Waals surface area contributed by atoms with E-state index in [1.807, 2.05) is 50.2 Å². The third kappa shape index (κ3) is 4.48. The number of carbonyl (C=O) groups is 2.